The molecule has 0 aromatic heterocycles. The van der Waals surface area contributed by atoms with Gasteiger partial charge in [0.1, 0.15) is 5.75 Å². The highest BCUT2D eigenvalue weighted by atomic mass is 16.5. The van der Waals surface area contributed by atoms with Crippen molar-refractivity contribution in [1.82, 2.24) is 5.32 Å². The quantitative estimate of drug-likeness (QED) is 0.881. The molecule has 0 saturated heterocycles. The second-order valence-electron chi connectivity index (χ2n) is 7.02. The summed E-state index contributed by atoms with van der Waals surface area (Å²) in [5, 5.41) is 3.57. The summed E-state index contributed by atoms with van der Waals surface area (Å²) in [5.74, 6) is 2.72. The predicted molar refractivity (Wildman–Crippen MR) is 87.8 cm³/mol. The van der Waals surface area contributed by atoms with Gasteiger partial charge in [-0.3, -0.25) is 0 Å². The van der Waals surface area contributed by atoms with Crippen LogP contribution in [0.4, 0.5) is 0 Å². The number of ether oxygens (including phenoxy) is 1. The maximum Gasteiger partial charge on any atom is 0.120 e. The van der Waals surface area contributed by atoms with Gasteiger partial charge in [-0.1, -0.05) is 26.8 Å². The van der Waals surface area contributed by atoms with Crippen molar-refractivity contribution >= 4 is 0 Å². The lowest BCUT2D eigenvalue weighted by atomic mass is 9.80. The van der Waals surface area contributed by atoms with Crippen molar-refractivity contribution in [2.24, 2.45) is 11.8 Å². The van der Waals surface area contributed by atoms with Crippen LogP contribution in [0.1, 0.15) is 63.6 Å². The Morgan fingerprint density at radius 2 is 2.00 bits per heavy atom. The third-order valence-electron chi connectivity index (χ3n) is 5.50. The standard InChI is InChI=1S/C19H29NO/c1-4-20-19-10-6-15-12-17(8-9-18(15)19)21-16-7-5-13(2)14(3)11-16/h8-9,12-14,16,19-20H,4-7,10-11H2,1-3H3. The van der Waals surface area contributed by atoms with Crippen molar-refractivity contribution in [1.29, 1.82) is 0 Å². The Hall–Kier alpha value is -1.02. The van der Waals surface area contributed by atoms with E-state index in [1.54, 1.807) is 0 Å². The van der Waals surface area contributed by atoms with Gasteiger partial charge in [0.2, 0.25) is 0 Å². The first-order valence-electron chi connectivity index (χ1n) is 8.70. The lowest BCUT2D eigenvalue weighted by Gasteiger charge is -2.32. The molecule has 1 aromatic rings. The molecule has 2 aliphatic carbocycles. The van der Waals surface area contributed by atoms with Crippen molar-refractivity contribution in [3.05, 3.63) is 29.3 Å². The highest BCUT2D eigenvalue weighted by Crippen LogP contribution is 2.36. The summed E-state index contributed by atoms with van der Waals surface area (Å²) < 4.78 is 6.27. The smallest absolute Gasteiger partial charge is 0.120 e. The number of rotatable bonds is 4. The SMILES string of the molecule is CCNC1CCc2cc(OC3CCC(C)C(C)C3)ccc21. The van der Waals surface area contributed by atoms with Crippen LogP contribution < -0.4 is 10.1 Å². The normalized spacial score (nSPS) is 32.0. The first kappa shape index (κ1) is 14.9. The molecule has 1 saturated carbocycles. The molecule has 0 radical (unpaired) electrons. The zero-order valence-corrected chi connectivity index (χ0v) is 13.7. The van der Waals surface area contributed by atoms with Crippen LogP contribution in [0.5, 0.6) is 5.75 Å². The summed E-state index contributed by atoms with van der Waals surface area (Å²) in [4.78, 5) is 0. The van der Waals surface area contributed by atoms with Gasteiger partial charge in [0.15, 0.2) is 0 Å². The van der Waals surface area contributed by atoms with Crippen molar-refractivity contribution < 1.29 is 4.74 Å². The minimum absolute atomic E-state index is 0.417. The Labute approximate surface area is 129 Å². The molecule has 4 unspecified atom stereocenters. The first-order valence-corrected chi connectivity index (χ1v) is 8.70. The van der Waals surface area contributed by atoms with Gasteiger partial charge in [-0.05, 0) is 73.7 Å². The number of hydrogen-bond donors (Lipinski definition) is 1. The molecule has 1 N–H and O–H groups in total. The summed E-state index contributed by atoms with van der Waals surface area (Å²) in [7, 11) is 0. The van der Waals surface area contributed by atoms with Crippen LogP contribution in [0.15, 0.2) is 18.2 Å². The van der Waals surface area contributed by atoms with Gasteiger partial charge in [-0.15, -0.1) is 0 Å². The zero-order valence-electron chi connectivity index (χ0n) is 13.7. The Balaban J connectivity index is 1.65. The summed E-state index contributed by atoms with van der Waals surface area (Å²) in [6, 6.07) is 7.29. The fourth-order valence-corrected chi connectivity index (χ4v) is 3.92. The predicted octanol–water partition coefficient (Wildman–Crippen LogP) is 4.49. The monoisotopic (exact) mass is 287 g/mol. The third-order valence-corrected chi connectivity index (χ3v) is 5.50. The highest BCUT2D eigenvalue weighted by Gasteiger charge is 2.26. The van der Waals surface area contributed by atoms with Crippen LogP contribution in [-0.2, 0) is 6.42 Å². The Morgan fingerprint density at radius 1 is 1.14 bits per heavy atom. The number of aryl methyl sites for hydroxylation is 1. The Bertz CT molecular complexity index is 484. The molecule has 0 bridgehead atoms. The van der Waals surface area contributed by atoms with Gasteiger partial charge >= 0.3 is 0 Å². The van der Waals surface area contributed by atoms with Crippen LogP contribution in [0.25, 0.3) is 0 Å². The van der Waals surface area contributed by atoms with Gasteiger partial charge in [-0.2, -0.15) is 0 Å². The molecule has 21 heavy (non-hydrogen) atoms. The van der Waals surface area contributed by atoms with Crippen LogP contribution in [0.2, 0.25) is 0 Å². The molecule has 2 aliphatic rings. The van der Waals surface area contributed by atoms with Gasteiger partial charge in [-0.25, -0.2) is 0 Å². The van der Waals surface area contributed by atoms with E-state index in [9.17, 15) is 0 Å². The molecule has 4 atom stereocenters. The lowest BCUT2D eigenvalue weighted by Crippen LogP contribution is -2.28. The summed E-state index contributed by atoms with van der Waals surface area (Å²) >= 11 is 0. The van der Waals surface area contributed by atoms with E-state index >= 15 is 0 Å². The Kier molecular flexibility index (Phi) is 4.54. The van der Waals surface area contributed by atoms with E-state index in [1.807, 2.05) is 0 Å². The molecule has 116 valence electrons. The largest absolute Gasteiger partial charge is 0.490 e. The van der Waals surface area contributed by atoms with Gasteiger partial charge < -0.3 is 10.1 Å². The molecule has 0 amide bonds. The second-order valence-corrected chi connectivity index (χ2v) is 7.02. The zero-order chi connectivity index (χ0) is 14.8. The average molecular weight is 287 g/mol. The van der Waals surface area contributed by atoms with E-state index in [0.29, 0.717) is 12.1 Å². The average Bonchev–Trinajstić information content (AvgIpc) is 2.86. The van der Waals surface area contributed by atoms with E-state index in [-0.39, 0.29) is 0 Å². The van der Waals surface area contributed by atoms with Gasteiger partial charge in [0, 0.05) is 6.04 Å². The topological polar surface area (TPSA) is 21.3 Å². The summed E-state index contributed by atoms with van der Waals surface area (Å²) in [5.41, 5.74) is 2.96. The molecular weight excluding hydrogens is 258 g/mol. The summed E-state index contributed by atoms with van der Waals surface area (Å²) in [6.07, 6.45) is 6.55. The molecule has 0 aliphatic heterocycles. The van der Waals surface area contributed by atoms with Crippen molar-refractivity contribution in [3.8, 4) is 5.75 Å². The number of nitrogens with one attached hydrogen (secondary N) is 1. The van der Waals surface area contributed by atoms with Crippen LogP contribution >= 0.6 is 0 Å². The van der Waals surface area contributed by atoms with E-state index in [4.69, 9.17) is 4.74 Å². The fourth-order valence-electron chi connectivity index (χ4n) is 3.92. The van der Waals surface area contributed by atoms with E-state index in [2.05, 4.69) is 44.3 Å². The minimum atomic E-state index is 0.417. The molecule has 0 heterocycles. The molecule has 0 spiro atoms. The molecular formula is C19H29NO. The molecule has 1 aromatic carbocycles. The number of fused-ring (bicyclic) bond motifs is 1. The highest BCUT2D eigenvalue weighted by molar-refractivity contribution is 5.40. The van der Waals surface area contributed by atoms with Crippen LogP contribution in [-0.4, -0.2) is 12.6 Å². The fraction of sp³-hybridized carbons (Fsp3) is 0.684. The minimum Gasteiger partial charge on any atom is -0.490 e. The van der Waals surface area contributed by atoms with Crippen LogP contribution in [0.3, 0.4) is 0 Å². The number of hydrogen-bond acceptors (Lipinski definition) is 2. The third kappa shape index (κ3) is 3.26. The molecule has 1 fully saturated rings. The first-order chi connectivity index (χ1) is 10.2. The van der Waals surface area contributed by atoms with Gasteiger partial charge in [0.25, 0.3) is 0 Å². The van der Waals surface area contributed by atoms with E-state index < -0.39 is 0 Å². The van der Waals surface area contributed by atoms with E-state index in [1.165, 1.54) is 43.2 Å². The van der Waals surface area contributed by atoms with Gasteiger partial charge in [0.05, 0.1) is 6.10 Å². The van der Waals surface area contributed by atoms with Crippen molar-refractivity contribution in [2.45, 2.75) is 65.0 Å². The molecule has 3 rings (SSSR count). The Morgan fingerprint density at radius 3 is 2.76 bits per heavy atom. The van der Waals surface area contributed by atoms with Crippen LogP contribution in [0, 0.1) is 11.8 Å². The molecule has 2 heteroatoms. The maximum atomic E-state index is 6.27. The lowest BCUT2D eigenvalue weighted by molar-refractivity contribution is 0.101. The molecule has 2 nitrogen and oxygen atoms in total. The summed E-state index contributed by atoms with van der Waals surface area (Å²) in [6.45, 7) is 7.96. The van der Waals surface area contributed by atoms with Crippen molar-refractivity contribution in [3.63, 3.8) is 0 Å². The van der Waals surface area contributed by atoms with E-state index in [0.717, 1.165) is 24.1 Å². The van der Waals surface area contributed by atoms with Crippen molar-refractivity contribution in [2.75, 3.05) is 6.54 Å². The maximum absolute atomic E-state index is 6.27. The second kappa shape index (κ2) is 6.39. The number of benzene rings is 1.